The van der Waals surface area contributed by atoms with E-state index in [1.807, 2.05) is 50.4 Å². The smallest absolute Gasteiger partial charge is 0.317 e. The molecule has 0 radical (unpaired) electrons. The number of aryl methyl sites for hydroxylation is 1. The maximum absolute atomic E-state index is 12.2. The van der Waals surface area contributed by atoms with Gasteiger partial charge < -0.3 is 15.0 Å². The van der Waals surface area contributed by atoms with Crippen LogP contribution in [0.1, 0.15) is 30.1 Å². The molecule has 0 saturated carbocycles. The molecule has 1 N–H and O–H groups in total. The highest BCUT2D eigenvalue weighted by Gasteiger charge is 2.12. The van der Waals surface area contributed by atoms with Crippen LogP contribution in [0.25, 0.3) is 0 Å². The number of thiazole rings is 1. The van der Waals surface area contributed by atoms with Gasteiger partial charge in [0.2, 0.25) is 0 Å². The molecule has 2 aromatic rings. The van der Waals surface area contributed by atoms with Crippen molar-refractivity contribution < 1.29 is 9.53 Å². The van der Waals surface area contributed by atoms with Crippen molar-refractivity contribution in [3.05, 3.63) is 45.9 Å². The molecule has 0 unspecified atom stereocenters. The summed E-state index contributed by atoms with van der Waals surface area (Å²) in [6.07, 6.45) is 0.0995. The third-order valence-corrected chi connectivity index (χ3v) is 4.00. The third kappa shape index (κ3) is 5.25. The number of carbonyl (C=O) groups is 1. The van der Waals surface area contributed by atoms with Crippen molar-refractivity contribution in [2.24, 2.45) is 0 Å². The van der Waals surface area contributed by atoms with Gasteiger partial charge in [-0.25, -0.2) is 9.78 Å². The van der Waals surface area contributed by atoms with E-state index in [-0.39, 0.29) is 12.1 Å². The lowest BCUT2D eigenvalue weighted by Gasteiger charge is -2.18. The van der Waals surface area contributed by atoms with E-state index in [0.717, 1.165) is 22.0 Å². The average molecular weight is 333 g/mol. The quantitative estimate of drug-likeness (QED) is 0.879. The number of benzene rings is 1. The fourth-order valence-electron chi connectivity index (χ4n) is 2.12. The number of hydrogen-bond donors (Lipinski definition) is 1. The number of para-hydroxylation sites is 1. The monoisotopic (exact) mass is 333 g/mol. The van der Waals surface area contributed by atoms with E-state index in [2.05, 4.69) is 10.3 Å². The molecule has 0 saturated heterocycles. The highest BCUT2D eigenvalue weighted by Crippen LogP contribution is 2.19. The van der Waals surface area contributed by atoms with Gasteiger partial charge in [-0.05, 0) is 26.8 Å². The Hall–Kier alpha value is -2.08. The van der Waals surface area contributed by atoms with E-state index in [1.54, 1.807) is 23.3 Å². The number of carbonyl (C=O) groups excluding carboxylic acids is 1. The first-order chi connectivity index (χ1) is 11.0. The number of amides is 2. The fourth-order valence-corrected chi connectivity index (χ4v) is 2.72. The number of ether oxygens (including phenoxy) is 1. The topological polar surface area (TPSA) is 54.5 Å². The molecule has 0 aliphatic rings. The van der Waals surface area contributed by atoms with Crippen LogP contribution in [0.4, 0.5) is 4.79 Å². The van der Waals surface area contributed by atoms with Crippen LogP contribution in [0.5, 0.6) is 5.75 Å². The molecule has 5 nitrogen and oxygen atoms in total. The van der Waals surface area contributed by atoms with Crippen molar-refractivity contribution in [2.45, 2.75) is 40.0 Å². The number of nitrogens with one attached hydrogen (secondary N) is 1. The number of hydrogen-bond acceptors (Lipinski definition) is 4. The largest absolute Gasteiger partial charge is 0.491 e. The minimum atomic E-state index is -0.130. The first-order valence-corrected chi connectivity index (χ1v) is 8.48. The van der Waals surface area contributed by atoms with E-state index in [4.69, 9.17) is 4.74 Å². The lowest BCUT2D eigenvalue weighted by molar-refractivity contribution is 0.205. The predicted molar refractivity (Wildman–Crippen MR) is 92.8 cm³/mol. The van der Waals surface area contributed by atoms with Gasteiger partial charge in [0.25, 0.3) is 0 Å². The maximum atomic E-state index is 12.2. The van der Waals surface area contributed by atoms with Crippen molar-refractivity contribution in [3.63, 3.8) is 0 Å². The number of aromatic nitrogens is 1. The predicted octanol–water partition coefficient (Wildman–Crippen LogP) is 3.58. The van der Waals surface area contributed by atoms with Gasteiger partial charge in [-0.2, -0.15) is 0 Å². The molecule has 6 heteroatoms. The molecular formula is C17H23N3O2S. The van der Waals surface area contributed by atoms with E-state index < -0.39 is 0 Å². The highest BCUT2D eigenvalue weighted by atomic mass is 32.1. The van der Waals surface area contributed by atoms with Crippen LogP contribution < -0.4 is 10.1 Å². The van der Waals surface area contributed by atoms with Crippen LogP contribution >= 0.6 is 11.3 Å². The van der Waals surface area contributed by atoms with Crippen LogP contribution in [0, 0.1) is 6.92 Å². The Morgan fingerprint density at radius 1 is 1.39 bits per heavy atom. The summed E-state index contributed by atoms with van der Waals surface area (Å²) in [6.45, 7) is 6.86. The van der Waals surface area contributed by atoms with Gasteiger partial charge in [-0.1, -0.05) is 18.2 Å². The lowest BCUT2D eigenvalue weighted by Crippen LogP contribution is -2.36. The molecule has 0 fully saturated rings. The van der Waals surface area contributed by atoms with Crippen LogP contribution in [0.15, 0.2) is 29.6 Å². The van der Waals surface area contributed by atoms with Crippen molar-refractivity contribution >= 4 is 17.4 Å². The molecule has 0 spiro atoms. The lowest BCUT2D eigenvalue weighted by atomic mass is 10.2. The van der Waals surface area contributed by atoms with E-state index >= 15 is 0 Å². The zero-order valence-corrected chi connectivity index (χ0v) is 14.8. The Bertz CT molecular complexity index is 655. The first-order valence-electron chi connectivity index (χ1n) is 7.60. The van der Waals surface area contributed by atoms with Crippen LogP contribution in [-0.4, -0.2) is 29.1 Å². The van der Waals surface area contributed by atoms with Crippen LogP contribution in [0.2, 0.25) is 0 Å². The summed E-state index contributed by atoms with van der Waals surface area (Å²) in [4.78, 5) is 18.2. The molecule has 0 bridgehead atoms. The second-order valence-corrected chi connectivity index (χ2v) is 6.71. The summed E-state index contributed by atoms with van der Waals surface area (Å²) in [5.74, 6) is 0.806. The second kappa shape index (κ2) is 7.97. The molecular weight excluding hydrogens is 310 g/mol. The third-order valence-electron chi connectivity index (χ3n) is 3.18. The van der Waals surface area contributed by atoms with Crippen molar-refractivity contribution in [1.29, 1.82) is 0 Å². The molecule has 0 atom stereocenters. The number of rotatable bonds is 6. The molecule has 0 aliphatic heterocycles. The van der Waals surface area contributed by atoms with E-state index in [1.165, 1.54) is 0 Å². The second-order valence-electron chi connectivity index (χ2n) is 5.65. The molecule has 1 heterocycles. The standard InChI is InChI=1S/C17H23N3O2S/c1-12(2)22-16-8-6-5-7-14(16)9-18-17(21)20(4)10-15-11-23-13(3)19-15/h5-8,11-12H,9-10H2,1-4H3,(H,18,21). The van der Waals surface area contributed by atoms with Gasteiger partial charge in [0.05, 0.1) is 23.4 Å². The Kier molecular flexibility index (Phi) is 5.98. The summed E-state index contributed by atoms with van der Waals surface area (Å²) >= 11 is 1.59. The van der Waals surface area contributed by atoms with Crippen molar-refractivity contribution in [1.82, 2.24) is 15.2 Å². The zero-order chi connectivity index (χ0) is 16.8. The molecule has 1 aromatic heterocycles. The summed E-state index contributed by atoms with van der Waals surface area (Å²) in [5.41, 5.74) is 1.88. The number of nitrogens with zero attached hydrogens (tertiary/aromatic N) is 2. The fraction of sp³-hybridized carbons (Fsp3) is 0.412. The van der Waals surface area contributed by atoms with E-state index in [0.29, 0.717) is 13.1 Å². The highest BCUT2D eigenvalue weighted by molar-refractivity contribution is 7.09. The average Bonchev–Trinajstić information content (AvgIpc) is 2.90. The Labute approximate surface area is 141 Å². The molecule has 2 amide bonds. The van der Waals surface area contributed by atoms with Crippen molar-refractivity contribution in [2.75, 3.05) is 7.05 Å². The van der Waals surface area contributed by atoms with Gasteiger partial charge >= 0.3 is 6.03 Å². The summed E-state index contributed by atoms with van der Waals surface area (Å²) in [5, 5.41) is 5.91. The van der Waals surface area contributed by atoms with Gasteiger partial charge in [0.1, 0.15) is 5.75 Å². The SMILES string of the molecule is Cc1nc(CN(C)C(=O)NCc2ccccc2OC(C)C)cs1. The maximum Gasteiger partial charge on any atom is 0.317 e. The zero-order valence-electron chi connectivity index (χ0n) is 14.0. The summed E-state index contributed by atoms with van der Waals surface area (Å²) in [7, 11) is 1.76. The van der Waals surface area contributed by atoms with Gasteiger partial charge in [-0.3, -0.25) is 0 Å². The molecule has 124 valence electrons. The Morgan fingerprint density at radius 3 is 2.78 bits per heavy atom. The van der Waals surface area contributed by atoms with Crippen LogP contribution in [0.3, 0.4) is 0 Å². The molecule has 1 aromatic carbocycles. The van der Waals surface area contributed by atoms with E-state index in [9.17, 15) is 4.79 Å². The molecule has 2 rings (SSSR count). The Morgan fingerprint density at radius 2 is 2.13 bits per heavy atom. The normalized spacial score (nSPS) is 10.7. The van der Waals surface area contributed by atoms with Crippen molar-refractivity contribution in [3.8, 4) is 5.75 Å². The van der Waals surface area contributed by atoms with Crippen LogP contribution in [-0.2, 0) is 13.1 Å². The first kappa shape index (κ1) is 17.3. The molecule has 0 aliphatic carbocycles. The summed E-state index contributed by atoms with van der Waals surface area (Å²) in [6, 6.07) is 7.62. The molecule has 23 heavy (non-hydrogen) atoms. The Balaban J connectivity index is 1.91. The van der Waals surface area contributed by atoms with Gasteiger partial charge in [-0.15, -0.1) is 11.3 Å². The minimum Gasteiger partial charge on any atom is -0.491 e. The van der Waals surface area contributed by atoms with Gasteiger partial charge in [0.15, 0.2) is 0 Å². The minimum absolute atomic E-state index is 0.0995. The number of urea groups is 1. The summed E-state index contributed by atoms with van der Waals surface area (Å²) < 4.78 is 5.76. The van der Waals surface area contributed by atoms with Gasteiger partial charge in [0, 0.05) is 24.5 Å².